The van der Waals surface area contributed by atoms with E-state index in [2.05, 4.69) is 0 Å². The third-order valence-corrected chi connectivity index (χ3v) is 6.94. The van der Waals surface area contributed by atoms with E-state index in [0.717, 1.165) is 22.4 Å². The summed E-state index contributed by atoms with van der Waals surface area (Å²) in [6.45, 7) is 2.29. The molecule has 184 valence electrons. The van der Waals surface area contributed by atoms with Gasteiger partial charge in [-0.15, -0.1) is 0 Å². The third-order valence-electron chi connectivity index (χ3n) is 5.96. The van der Waals surface area contributed by atoms with E-state index in [4.69, 9.17) is 9.73 Å². The van der Waals surface area contributed by atoms with Gasteiger partial charge >= 0.3 is 0 Å². The molecule has 0 unspecified atom stereocenters. The Morgan fingerprint density at radius 2 is 1.62 bits per heavy atom. The number of carbonyl (C=O) groups is 1. The maximum absolute atomic E-state index is 13.6. The highest BCUT2D eigenvalue weighted by Crippen LogP contribution is 2.39. The Balaban J connectivity index is 1.37. The SMILES string of the molecule is C[C@@H](c1ccccc1)N1C(=O)/C(=C\c2ccc(OCc3cccc(F)c3)cc2)SC1=Nc1ccccc1. The van der Waals surface area contributed by atoms with Gasteiger partial charge < -0.3 is 4.74 Å². The summed E-state index contributed by atoms with van der Waals surface area (Å²) in [6.07, 6.45) is 1.88. The maximum Gasteiger partial charge on any atom is 0.267 e. The van der Waals surface area contributed by atoms with Gasteiger partial charge in [0.2, 0.25) is 0 Å². The highest BCUT2D eigenvalue weighted by molar-refractivity contribution is 8.18. The van der Waals surface area contributed by atoms with Crippen molar-refractivity contribution in [1.29, 1.82) is 0 Å². The Bertz CT molecular complexity index is 1440. The Labute approximate surface area is 220 Å². The lowest BCUT2D eigenvalue weighted by atomic mass is 10.1. The summed E-state index contributed by atoms with van der Waals surface area (Å²) in [5.41, 5.74) is 3.47. The summed E-state index contributed by atoms with van der Waals surface area (Å²) >= 11 is 1.37. The van der Waals surface area contributed by atoms with Crippen molar-refractivity contribution in [3.05, 3.63) is 137 Å². The zero-order valence-corrected chi connectivity index (χ0v) is 21.1. The molecule has 0 aromatic heterocycles. The Hall–Kier alpha value is -4.16. The number of nitrogens with zero attached hydrogens (tertiary/aromatic N) is 2. The third kappa shape index (κ3) is 5.98. The Morgan fingerprint density at radius 1 is 0.919 bits per heavy atom. The first-order valence-corrected chi connectivity index (χ1v) is 12.8. The lowest BCUT2D eigenvalue weighted by Gasteiger charge is -2.24. The summed E-state index contributed by atoms with van der Waals surface area (Å²) < 4.78 is 19.2. The number of hydrogen-bond acceptors (Lipinski definition) is 4. The smallest absolute Gasteiger partial charge is 0.267 e. The number of amidine groups is 1. The van der Waals surface area contributed by atoms with Crippen molar-refractivity contribution in [3.63, 3.8) is 0 Å². The molecule has 5 rings (SSSR count). The summed E-state index contributed by atoms with van der Waals surface area (Å²) in [4.78, 5) is 20.7. The van der Waals surface area contributed by atoms with E-state index in [1.165, 1.54) is 23.9 Å². The van der Waals surface area contributed by atoms with E-state index in [-0.39, 0.29) is 24.4 Å². The molecule has 0 spiro atoms. The van der Waals surface area contributed by atoms with Gasteiger partial charge in [0, 0.05) is 0 Å². The van der Waals surface area contributed by atoms with Crippen molar-refractivity contribution in [3.8, 4) is 5.75 Å². The van der Waals surface area contributed by atoms with Gasteiger partial charge in [-0.3, -0.25) is 9.69 Å². The number of benzene rings is 4. The minimum Gasteiger partial charge on any atom is -0.489 e. The molecule has 0 bridgehead atoms. The van der Waals surface area contributed by atoms with Crippen LogP contribution in [-0.4, -0.2) is 16.0 Å². The minimum atomic E-state index is -0.285. The molecule has 37 heavy (non-hydrogen) atoms. The highest BCUT2D eigenvalue weighted by atomic mass is 32.2. The van der Waals surface area contributed by atoms with Crippen molar-refractivity contribution >= 4 is 34.6 Å². The molecular formula is C31H25FN2O2S. The molecule has 4 aromatic rings. The van der Waals surface area contributed by atoms with Crippen molar-refractivity contribution in [2.75, 3.05) is 0 Å². The first kappa shape index (κ1) is 24.5. The molecule has 0 saturated carbocycles. The zero-order chi connectivity index (χ0) is 25.6. The predicted octanol–water partition coefficient (Wildman–Crippen LogP) is 7.77. The quantitative estimate of drug-likeness (QED) is 0.240. The van der Waals surface area contributed by atoms with Crippen molar-refractivity contribution in [1.82, 2.24) is 4.90 Å². The van der Waals surface area contributed by atoms with E-state index < -0.39 is 0 Å². The normalized spacial score (nSPS) is 16.4. The second kappa shape index (κ2) is 11.3. The summed E-state index contributed by atoms with van der Waals surface area (Å²) in [6, 6.07) is 33.3. The number of thioether (sulfide) groups is 1. The lowest BCUT2D eigenvalue weighted by Crippen LogP contribution is -2.32. The number of hydrogen-bond donors (Lipinski definition) is 0. The fourth-order valence-electron chi connectivity index (χ4n) is 4.00. The molecule has 1 atom stereocenters. The molecule has 1 heterocycles. The van der Waals surface area contributed by atoms with Crippen LogP contribution in [0, 0.1) is 5.82 Å². The first-order valence-electron chi connectivity index (χ1n) is 12.0. The summed E-state index contributed by atoms with van der Waals surface area (Å²) in [5, 5.41) is 0.647. The molecule has 1 aliphatic rings. The summed E-state index contributed by atoms with van der Waals surface area (Å²) in [5.74, 6) is 0.303. The van der Waals surface area contributed by atoms with Gasteiger partial charge in [0.15, 0.2) is 5.17 Å². The molecule has 0 radical (unpaired) electrons. The summed E-state index contributed by atoms with van der Waals surface area (Å²) in [7, 11) is 0. The first-order chi connectivity index (χ1) is 18.1. The van der Waals surface area contributed by atoms with Crippen LogP contribution in [0.3, 0.4) is 0 Å². The predicted molar refractivity (Wildman–Crippen MR) is 148 cm³/mol. The molecule has 0 aliphatic carbocycles. The van der Waals surface area contributed by atoms with Crippen LogP contribution in [0.4, 0.5) is 10.1 Å². The number of aliphatic imine (C=N–C) groups is 1. The van der Waals surface area contributed by atoms with Gasteiger partial charge in [-0.25, -0.2) is 9.38 Å². The molecule has 1 aliphatic heterocycles. The van der Waals surface area contributed by atoms with Crippen LogP contribution in [0.5, 0.6) is 5.75 Å². The van der Waals surface area contributed by atoms with Gasteiger partial charge in [-0.05, 0) is 77.9 Å². The average molecular weight is 509 g/mol. The maximum atomic E-state index is 13.6. The van der Waals surface area contributed by atoms with Gasteiger partial charge in [0.25, 0.3) is 5.91 Å². The van der Waals surface area contributed by atoms with Crippen LogP contribution >= 0.6 is 11.8 Å². The average Bonchev–Trinajstić information content (AvgIpc) is 3.23. The molecule has 0 N–H and O–H groups in total. The highest BCUT2D eigenvalue weighted by Gasteiger charge is 2.37. The Morgan fingerprint density at radius 3 is 2.32 bits per heavy atom. The molecule has 4 aromatic carbocycles. The van der Waals surface area contributed by atoms with Crippen molar-refractivity contribution in [2.24, 2.45) is 4.99 Å². The van der Waals surface area contributed by atoms with Crippen LogP contribution in [0.1, 0.15) is 29.7 Å². The second-order valence-corrected chi connectivity index (χ2v) is 9.60. The number of rotatable bonds is 7. The van der Waals surface area contributed by atoms with Gasteiger partial charge in [0.1, 0.15) is 18.2 Å². The standard InChI is InChI=1S/C31H25FN2O2S/c1-22(25-10-4-2-5-11-25)34-30(35)29(37-31(34)33-27-13-6-3-7-14-27)20-23-15-17-28(18-16-23)36-21-24-9-8-12-26(32)19-24/h2-20,22H,21H2,1H3/b29-20+,33-31?/t22-/m0/s1. The van der Waals surface area contributed by atoms with Crippen LogP contribution in [0.15, 0.2) is 119 Å². The van der Waals surface area contributed by atoms with Gasteiger partial charge in [-0.1, -0.05) is 72.8 Å². The molecule has 1 fully saturated rings. The zero-order valence-electron chi connectivity index (χ0n) is 20.3. The minimum absolute atomic E-state index is 0.0811. The van der Waals surface area contributed by atoms with Crippen LogP contribution in [0.25, 0.3) is 6.08 Å². The van der Waals surface area contributed by atoms with E-state index in [1.54, 1.807) is 11.0 Å². The van der Waals surface area contributed by atoms with E-state index in [9.17, 15) is 9.18 Å². The van der Waals surface area contributed by atoms with E-state index in [0.29, 0.717) is 15.8 Å². The molecule has 1 saturated heterocycles. The van der Waals surface area contributed by atoms with Crippen LogP contribution < -0.4 is 4.74 Å². The number of amides is 1. The van der Waals surface area contributed by atoms with Gasteiger partial charge in [-0.2, -0.15) is 0 Å². The lowest BCUT2D eigenvalue weighted by molar-refractivity contribution is -0.123. The molecule has 6 heteroatoms. The molecular weight excluding hydrogens is 483 g/mol. The van der Waals surface area contributed by atoms with E-state index in [1.807, 2.05) is 104 Å². The monoisotopic (exact) mass is 508 g/mol. The largest absolute Gasteiger partial charge is 0.489 e. The van der Waals surface area contributed by atoms with Gasteiger partial charge in [0.05, 0.1) is 16.6 Å². The molecule has 1 amide bonds. The van der Waals surface area contributed by atoms with Crippen molar-refractivity contribution < 1.29 is 13.9 Å². The number of carbonyl (C=O) groups excluding carboxylic acids is 1. The number of ether oxygens (including phenoxy) is 1. The second-order valence-electron chi connectivity index (χ2n) is 8.59. The number of halogens is 1. The Kier molecular flexibility index (Phi) is 7.47. The number of para-hydroxylation sites is 1. The van der Waals surface area contributed by atoms with E-state index >= 15 is 0 Å². The van der Waals surface area contributed by atoms with Crippen LogP contribution in [0.2, 0.25) is 0 Å². The topological polar surface area (TPSA) is 41.9 Å². The van der Waals surface area contributed by atoms with Crippen molar-refractivity contribution in [2.45, 2.75) is 19.6 Å². The van der Waals surface area contributed by atoms with Crippen LogP contribution in [-0.2, 0) is 11.4 Å². The fourth-order valence-corrected chi connectivity index (χ4v) is 5.07. The molecule has 4 nitrogen and oxygen atoms in total. The fraction of sp³-hybridized carbons (Fsp3) is 0.0968.